The van der Waals surface area contributed by atoms with Crippen molar-refractivity contribution in [3.63, 3.8) is 0 Å². The fourth-order valence-electron chi connectivity index (χ4n) is 2.21. The van der Waals surface area contributed by atoms with Crippen LogP contribution >= 0.6 is 35.3 Å². The molecule has 1 aliphatic rings. The normalized spacial score (nSPS) is 17.3. The summed E-state index contributed by atoms with van der Waals surface area (Å²) in [5, 5.41) is 9.25. The number of nitrogens with zero attached hydrogens (tertiary/aromatic N) is 1. The van der Waals surface area contributed by atoms with Gasteiger partial charge in [0.15, 0.2) is 5.13 Å². The molecule has 1 saturated heterocycles. The van der Waals surface area contributed by atoms with E-state index in [4.69, 9.17) is 11.6 Å². The van der Waals surface area contributed by atoms with Crippen LogP contribution in [-0.2, 0) is 4.79 Å². The molecule has 0 radical (unpaired) electrons. The highest BCUT2D eigenvalue weighted by Crippen LogP contribution is 2.26. The van der Waals surface area contributed by atoms with E-state index in [1.54, 1.807) is 0 Å². The number of benzene rings is 1. The lowest BCUT2D eigenvalue weighted by Gasteiger charge is -2.08. The maximum absolute atomic E-state index is 12.0. The lowest BCUT2D eigenvalue weighted by Crippen LogP contribution is -2.35. The van der Waals surface area contributed by atoms with Crippen LogP contribution in [0.3, 0.4) is 0 Å². The molecule has 0 saturated carbocycles. The number of amides is 1. The van der Waals surface area contributed by atoms with Gasteiger partial charge in [-0.25, -0.2) is 4.98 Å². The van der Waals surface area contributed by atoms with Gasteiger partial charge in [-0.1, -0.05) is 23.7 Å². The molecule has 112 valence electrons. The summed E-state index contributed by atoms with van der Waals surface area (Å²) in [4.78, 5) is 16.4. The van der Waals surface area contributed by atoms with Gasteiger partial charge in [0, 0.05) is 16.0 Å². The molecule has 1 amide bonds. The summed E-state index contributed by atoms with van der Waals surface area (Å²) < 4.78 is 0. The summed E-state index contributed by atoms with van der Waals surface area (Å²) in [6, 6.07) is 7.43. The number of aromatic nitrogens is 1. The molecule has 0 aliphatic carbocycles. The molecule has 1 aromatic carbocycles. The van der Waals surface area contributed by atoms with Gasteiger partial charge in [0.05, 0.1) is 11.7 Å². The lowest BCUT2D eigenvalue weighted by atomic mass is 10.2. The van der Waals surface area contributed by atoms with Crippen molar-refractivity contribution < 1.29 is 4.79 Å². The molecule has 1 unspecified atom stereocenters. The van der Waals surface area contributed by atoms with Gasteiger partial charge < -0.3 is 10.6 Å². The van der Waals surface area contributed by atoms with Crippen LogP contribution in [0.4, 0.5) is 5.13 Å². The number of carbonyl (C=O) groups is 1. The molecule has 1 aromatic heterocycles. The van der Waals surface area contributed by atoms with Crippen LogP contribution in [0.2, 0.25) is 5.02 Å². The summed E-state index contributed by atoms with van der Waals surface area (Å²) in [7, 11) is 0. The summed E-state index contributed by atoms with van der Waals surface area (Å²) in [6.45, 7) is 0.906. The van der Waals surface area contributed by atoms with E-state index in [9.17, 15) is 4.79 Å². The van der Waals surface area contributed by atoms with E-state index in [0.717, 1.165) is 30.6 Å². The molecular weight excluding hydrogens is 329 g/mol. The number of carbonyl (C=O) groups excluding carboxylic acids is 1. The fourth-order valence-corrected chi connectivity index (χ4v) is 3.13. The second-order valence-corrected chi connectivity index (χ2v) is 5.98. The highest BCUT2D eigenvalue weighted by atomic mass is 35.5. The third-order valence-corrected chi connectivity index (χ3v) is 4.22. The Kier molecular flexibility index (Phi) is 5.58. The number of halogens is 2. The minimum Gasteiger partial charge on any atom is -0.306 e. The Morgan fingerprint density at radius 1 is 1.48 bits per heavy atom. The molecule has 2 aromatic rings. The van der Waals surface area contributed by atoms with E-state index in [1.165, 1.54) is 11.3 Å². The third kappa shape index (κ3) is 3.95. The molecule has 3 rings (SSSR count). The molecule has 2 N–H and O–H groups in total. The van der Waals surface area contributed by atoms with Crippen LogP contribution < -0.4 is 10.6 Å². The minimum absolute atomic E-state index is 0. The zero-order valence-electron chi connectivity index (χ0n) is 11.1. The zero-order valence-corrected chi connectivity index (χ0v) is 13.5. The highest BCUT2D eigenvalue weighted by molar-refractivity contribution is 7.14. The van der Waals surface area contributed by atoms with Crippen LogP contribution in [0.15, 0.2) is 29.6 Å². The van der Waals surface area contributed by atoms with E-state index in [-0.39, 0.29) is 24.4 Å². The number of anilines is 1. The summed E-state index contributed by atoms with van der Waals surface area (Å²) in [6.07, 6.45) is 1.93. The molecule has 0 bridgehead atoms. The maximum atomic E-state index is 12.0. The quantitative estimate of drug-likeness (QED) is 0.895. The standard InChI is InChI=1S/C14H14ClN3OS.ClH/c15-10-4-1-3-9(7-10)12-8-20-14(17-12)18-13(19)11-5-2-6-16-11;/h1,3-4,7-8,11,16H,2,5-6H2,(H,17,18,19);1H. The van der Waals surface area contributed by atoms with Crippen LogP contribution in [0.5, 0.6) is 0 Å². The SMILES string of the molecule is Cl.O=C(Nc1nc(-c2cccc(Cl)c2)cs1)C1CCCN1. The van der Waals surface area contributed by atoms with Gasteiger partial charge in [0.2, 0.25) is 5.91 Å². The molecule has 2 heterocycles. The number of rotatable bonds is 3. The van der Waals surface area contributed by atoms with Crippen molar-refractivity contribution >= 4 is 46.4 Å². The first-order chi connectivity index (χ1) is 9.72. The van der Waals surface area contributed by atoms with E-state index in [2.05, 4.69) is 15.6 Å². The number of hydrogen-bond donors (Lipinski definition) is 2. The van der Waals surface area contributed by atoms with Gasteiger partial charge in [-0.2, -0.15) is 0 Å². The predicted octanol–water partition coefficient (Wildman–Crippen LogP) is 3.58. The summed E-state index contributed by atoms with van der Waals surface area (Å²) in [5.41, 5.74) is 1.78. The van der Waals surface area contributed by atoms with Crippen molar-refractivity contribution in [3.05, 3.63) is 34.7 Å². The van der Waals surface area contributed by atoms with Crippen molar-refractivity contribution in [2.45, 2.75) is 18.9 Å². The van der Waals surface area contributed by atoms with Crippen molar-refractivity contribution in [2.24, 2.45) is 0 Å². The smallest absolute Gasteiger partial charge is 0.243 e. The number of hydrogen-bond acceptors (Lipinski definition) is 4. The number of thiazole rings is 1. The predicted molar refractivity (Wildman–Crippen MR) is 89.5 cm³/mol. The zero-order chi connectivity index (χ0) is 13.9. The Morgan fingerprint density at radius 3 is 3.05 bits per heavy atom. The topological polar surface area (TPSA) is 54.0 Å². The highest BCUT2D eigenvalue weighted by Gasteiger charge is 2.22. The van der Waals surface area contributed by atoms with Gasteiger partial charge >= 0.3 is 0 Å². The molecule has 1 aliphatic heterocycles. The molecule has 21 heavy (non-hydrogen) atoms. The van der Waals surface area contributed by atoms with Crippen LogP contribution in [0, 0.1) is 0 Å². The molecule has 1 atom stereocenters. The second kappa shape index (κ2) is 7.22. The van der Waals surface area contributed by atoms with Gasteiger partial charge in [0.25, 0.3) is 0 Å². The first kappa shape index (κ1) is 16.2. The summed E-state index contributed by atoms with van der Waals surface area (Å²) >= 11 is 7.39. The van der Waals surface area contributed by atoms with Gasteiger partial charge in [0.1, 0.15) is 0 Å². The van der Waals surface area contributed by atoms with E-state index < -0.39 is 0 Å². The first-order valence-electron chi connectivity index (χ1n) is 6.48. The fraction of sp³-hybridized carbons (Fsp3) is 0.286. The average molecular weight is 344 g/mol. The molecule has 4 nitrogen and oxygen atoms in total. The Balaban J connectivity index is 0.00000161. The van der Waals surface area contributed by atoms with Gasteiger partial charge in [-0.3, -0.25) is 4.79 Å². The third-order valence-electron chi connectivity index (χ3n) is 3.23. The van der Waals surface area contributed by atoms with Gasteiger partial charge in [-0.05, 0) is 31.5 Å². The lowest BCUT2D eigenvalue weighted by molar-refractivity contribution is -0.117. The second-order valence-electron chi connectivity index (χ2n) is 4.69. The van der Waals surface area contributed by atoms with E-state index in [0.29, 0.717) is 10.2 Å². The Morgan fingerprint density at radius 2 is 2.33 bits per heavy atom. The molecule has 1 fully saturated rings. The number of nitrogens with one attached hydrogen (secondary N) is 2. The Hall–Kier alpha value is -1.14. The molecular formula is C14H15Cl2N3OS. The minimum atomic E-state index is -0.0893. The van der Waals surface area contributed by atoms with Crippen LogP contribution in [-0.4, -0.2) is 23.5 Å². The van der Waals surface area contributed by atoms with Gasteiger partial charge in [-0.15, -0.1) is 23.7 Å². The monoisotopic (exact) mass is 343 g/mol. The van der Waals surface area contributed by atoms with E-state index >= 15 is 0 Å². The van der Waals surface area contributed by atoms with Crippen molar-refractivity contribution in [2.75, 3.05) is 11.9 Å². The molecule has 7 heteroatoms. The van der Waals surface area contributed by atoms with E-state index in [1.807, 2.05) is 29.6 Å². The Labute approximate surface area is 138 Å². The largest absolute Gasteiger partial charge is 0.306 e. The molecule has 0 spiro atoms. The maximum Gasteiger partial charge on any atom is 0.243 e. The van der Waals surface area contributed by atoms with Crippen LogP contribution in [0.25, 0.3) is 11.3 Å². The Bertz CT molecular complexity index is 626. The van der Waals surface area contributed by atoms with Crippen molar-refractivity contribution in [1.29, 1.82) is 0 Å². The van der Waals surface area contributed by atoms with Crippen molar-refractivity contribution in [3.8, 4) is 11.3 Å². The first-order valence-corrected chi connectivity index (χ1v) is 7.74. The summed E-state index contributed by atoms with van der Waals surface area (Å²) in [5.74, 6) is -0.00510. The van der Waals surface area contributed by atoms with Crippen molar-refractivity contribution in [1.82, 2.24) is 10.3 Å². The van der Waals surface area contributed by atoms with Crippen LogP contribution in [0.1, 0.15) is 12.8 Å². The average Bonchev–Trinajstić information content (AvgIpc) is 3.10.